The lowest BCUT2D eigenvalue weighted by molar-refractivity contribution is -0.125. The minimum atomic E-state index is -0.766. The molecule has 1 atom stereocenters. The van der Waals surface area contributed by atoms with Gasteiger partial charge in [-0.1, -0.05) is 19.3 Å². The first-order chi connectivity index (χ1) is 8.47. The summed E-state index contributed by atoms with van der Waals surface area (Å²) in [6, 6.07) is 1.05. The fourth-order valence-electron chi connectivity index (χ4n) is 3.05. The summed E-state index contributed by atoms with van der Waals surface area (Å²) in [4.78, 5) is 14.4. The number of nitrogens with two attached hydrogens (primary N) is 1. The van der Waals surface area contributed by atoms with Crippen LogP contribution in [0, 0.1) is 0 Å². The maximum Gasteiger partial charge on any atom is 0.239 e. The number of carbonyl (C=O) groups is 1. The Bertz CT molecular complexity index is 292. The van der Waals surface area contributed by atoms with Gasteiger partial charge in [0.1, 0.15) is 0 Å². The van der Waals surface area contributed by atoms with Gasteiger partial charge in [0.25, 0.3) is 0 Å². The van der Waals surface area contributed by atoms with Crippen molar-refractivity contribution in [2.45, 2.75) is 70.0 Å². The Morgan fingerprint density at radius 2 is 1.89 bits per heavy atom. The van der Waals surface area contributed by atoms with Crippen molar-refractivity contribution in [3.05, 3.63) is 0 Å². The molecule has 2 rings (SSSR count). The lowest BCUT2D eigenvalue weighted by atomic mass is 9.94. The van der Waals surface area contributed by atoms with Crippen molar-refractivity contribution >= 4 is 5.91 Å². The van der Waals surface area contributed by atoms with Crippen LogP contribution < -0.4 is 11.1 Å². The summed E-state index contributed by atoms with van der Waals surface area (Å²) in [5.41, 5.74) is 5.04. The molecule has 4 nitrogen and oxygen atoms in total. The quantitative estimate of drug-likeness (QED) is 0.796. The maximum absolute atomic E-state index is 11.8. The monoisotopic (exact) mass is 253 g/mol. The zero-order valence-electron chi connectivity index (χ0n) is 11.7. The molecule has 4 heteroatoms. The zero-order valence-corrected chi connectivity index (χ0v) is 11.7. The van der Waals surface area contributed by atoms with E-state index in [0.717, 1.165) is 25.6 Å². The molecular formula is C14H27N3O. The smallest absolute Gasteiger partial charge is 0.239 e. The first-order valence-corrected chi connectivity index (χ1v) is 7.31. The van der Waals surface area contributed by atoms with Gasteiger partial charge in [0.15, 0.2) is 0 Å². The molecule has 0 aromatic heterocycles. The van der Waals surface area contributed by atoms with Gasteiger partial charge in [-0.15, -0.1) is 0 Å². The summed E-state index contributed by atoms with van der Waals surface area (Å²) in [5.74, 6) is -0.0296. The molecule has 1 amide bonds. The van der Waals surface area contributed by atoms with E-state index in [9.17, 15) is 4.79 Å². The third-order valence-electron chi connectivity index (χ3n) is 4.23. The second-order valence-corrected chi connectivity index (χ2v) is 6.47. The van der Waals surface area contributed by atoms with Crippen LogP contribution in [0.3, 0.4) is 0 Å². The Morgan fingerprint density at radius 3 is 2.50 bits per heavy atom. The molecule has 2 fully saturated rings. The molecule has 2 aliphatic rings. The molecule has 1 unspecified atom stereocenters. The number of nitrogens with one attached hydrogen (secondary N) is 1. The molecule has 0 aromatic carbocycles. The Hall–Kier alpha value is -0.610. The van der Waals surface area contributed by atoms with Gasteiger partial charge in [0, 0.05) is 25.2 Å². The third-order valence-corrected chi connectivity index (χ3v) is 4.23. The van der Waals surface area contributed by atoms with E-state index in [1.807, 2.05) is 0 Å². The highest BCUT2D eigenvalue weighted by molar-refractivity contribution is 5.85. The summed E-state index contributed by atoms with van der Waals surface area (Å²) in [7, 11) is 0. The standard InChI is InChI=1S/C14H27N3O/c1-14(2,15)13(18)16-11-8-9-17(10-11)12-6-4-3-5-7-12/h11-12H,3-10,15H2,1-2H3,(H,16,18). The second kappa shape index (κ2) is 5.57. The van der Waals surface area contributed by atoms with E-state index in [1.165, 1.54) is 32.1 Å². The molecule has 0 bridgehead atoms. The number of hydrogen-bond acceptors (Lipinski definition) is 3. The fourth-order valence-corrected chi connectivity index (χ4v) is 3.05. The molecule has 1 saturated heterocycles. The van der Waals surface area contributed by atoms with Gasteiger partial charge in [-0.05, 0) is 33.1 Å². The van der Waals surface area contributed by atoms with Crippen molar-refractivity contribution < 1.29 is 4.79 Å². The molecule has 1 saturated carbocycles. The van der Waals surface area contributed by atoms with Gasteiger partial charge < -0.3 is 11.1 Å². The number of carbonyl (C=O) groups excluding carboxylic acids is 1. The van der Waals surface area contributed by atoms with E-state index >= 15 is 0 Å². The first-order valence-electron chi connectivity index (χ1n) is 7.31. The average Bonchev–Trinajstić information content (AvgIpc) is 2.77. The SMILES string of the molecule is CC(C)(N)C(=O)NC1CCN(C2CCCCC2)C1. The van der Waals surface area contributed by atoms with Crippen LogP contribution in [0.15, 0.2) is 0 Å². The summed E-state index contributed by atoms with van der Waals surface area (Å²) in [5, 5.41) is 3.08. The predicted molar refractivity (Wildman–Crippen MR) is 73.3 cm³/mol. The van der Waals surface area contributed by atoms with E-state index in [2.05, 4.69) is 10.2 Å². The number of rotatable bonds is 3. The first kappa shape index (κ1) is 13.8. The minimum absolute atomic E-state index is 0.0296. The molecule has 0 aromatic rings. The fraction of sp³-hybridized carbons (Fsp3) is 0.929. The van der Waals surface area contributed by atoms with E-state index in [-0.39, 0.29) is 5.91 Å². The van der Waals surface area contributed by atoms with Gasteiger partial charge >= 0.3 is 0 Å². The molecule has 3 N–H and O–H groups in total. The Kier molecular flexibility index (Phi) is 4.28. The molecule has 104 valence electrons. The maximum atomic E-state index is 11.8. The van der Waals surface area contributed by atoms with Gasteiger partial charge in [-0.2, -0.15) is 0 Å². The molecule has 0 radical (unpaired) electrons. The molecule has 0 spiro atoms. The van der Waals surface area contributed by atoms with E-state index in [4.69, 9.17) is 5.73 Å². The predicted octanol–water partition coefficient (Wildman–Crippen LogP) is 1.25. The minimum Gasteiger partial charge on any atom is -0.350 e. The third kappa shape index (κ3) is 3.45. The Balaban J connectivity index is 1.79. The topological polar surface area (TPSA) is 58.4 Å². The van der Waals surface area contributed by atoms with Gasteiger partial charge in [0.2, 0.25) is 5.91 Å². The number of amides is 1. The van der Waals surface area contributed by atoms with Gasteiger partial charge in [-0.25, -0.2) is 0 Å². The molecule has 1 aliphatic carbocycles. The molecule has 1 heterocycles. The largest absolute Gasteiger partial charge is 0.350 e. The summed E-state index contributed by atoms with van der Waals surface area (Å²) in [6.07, 6.45) is 7.87. The normalized spacial score (nSPS) is 27.4. The van der Waals surface area contributed by atoms with Crippen LogP contribution in [0.4, 0.5) is 0 Å². The van der Waals surface area contributed by atoms with Crippen LogP contribution in [0.25, 0.3) is 0 Å². The Morgan fingerprint density at radius 1 is 1.22 bits per heavy atom. The van der Waals surface area contributed by atoms with Crippen molar-refractivity contribution in [3.63, 3.8) is 0 Å². The highest BCUT2D eigenvalue weighted by Crippen LogP contribution is 2.25. The molecule has 1 aliphatic heterocycles. The number of nitrogens with zero attached hydrogens (tertiary/aromatic N) is 1. The van der Waals surface area contributed by atoms with E-state index < -0.39 is 5.54 Å². The van der Waals surface area contributed by atoms with E-state index in [1.54, 1.807) is 13.8 Å². The van der Waals surface area contributed by atoms with Crippen LogP contribution >= 0.6 is 0 Å². The van der Waals surface area contributed by atoms with Crippen molar-refractivity contribution in [2.24, 2.45) is 5.73 Å². The van der Waals surface area contributed by atoms with Crippen molar-refractivity contribution in [3.8, 4) is 0 Å². The summed E-state index contributed by atoms with van der Waals surface area (Å²) >= 11 is 0. The molecular weight excluding hydrogens is 226 g/mol. The molecule has 18 heavy (non-hydrogen) atoms. The lowest BCUT2D eigenvalue weighted by Gasteiger charge is -2.31. The van der Waals surface area contributed by atoms with Crippen molar-refractivity contribution in [1.29, 1.82) is 0 Å². The summed E-state index contributed by atoms with van der Waals surface area (Å²) in [6.45, 7) is 5.65. The van der Waals surface area contributed by atoms with Crippen LogP contribution in [0.5, 0.6) is 0 Å². The van der Waals surface area contributed by atoms with Gasteiger partial charge in [0.05, 0.1) is 5.54 Å². The number of hydrogen-bond donors (Lipinski definition) is 2. The highest BCUT2D eigenvalue weighted by Gasteiger charge is 2.32. The highest BCUT2D eigenvalue weighted by atomic mass is 16.2. The lowest BCUT2D eigenvalue weighted by Crippen LogP contribution is -2.52. The van der Waals surface area contributed by atoms with Crippen molar-refractivity contribution in [2.75, 3.05) is 13.1 Å². The second-order valence-electron chi connectivity index (χ2n) is 6.47. The van der Waals surface area contributed by atoms with Crippen LogP contribution in [0.1, 0.15) is 52.4 Å². The van der Waals surface area contributed by atoms with Crippen molar-refractivity contribution in [1.82, 2.24) is 10.2 Å². The van der Waals surface area contributed by atoms with E-state index in [0.29, 0.717) is 6.04 Å². The Labute approximate surface area is 110 Å². The average molecular weight is 253 g/mol. The zero-order chi connectivity index (χ0) is 13.2. The van der Waals surface area contributed by atoms with Crippen LogP contribution in [-0.4, -0.2) is 41.5 Å². The van der Waals surface area contributed by atoms with Crippen LogP contribution in [0.2, 0.25) is 0 Å². The number of likely N-dealkylation sites (tertiary alicyclic amines) is 1. The van der Waals surface area contributed by atoms with Crippen LogP contribution in [-0.2, 0) is 4.79 Å². The summed E-state index contributed by atoms with van der Waals surface area (Å²) < 4.78 is 0. The van der Waals surface area contributed by atoms with Gasteiger partial charge in [-0.3, -0.25) is 9.69 Å².